The number of thiophene rings is 1. The molecule has 3 aromatic rings. The predicted octanol–water partition coefficient (Wildman–Crippen LogP) is 3.33. The number of aromatic amines is 1. The van der Waals surface area contributed by atoms with Crippen LogP contribution in [0.3, 0.4) is 0 Å². The molecule has 6 heteroatoms. The van der Waals surface area contributed by atoms with Crippen molar-refractivity contribution in [1.29, 1.82) is 0 Å². The van der Waals surface area contributed by atoms with Crippen molar-refractivity contribution in [2.24, 2.45) is 0 Å². The lowest BCUT2D eigenvalue weighted by Gasteiger charge is -2.27. The number of hydrogen-bond acceptors (Lipinski definition) is 5. The second-order valence-corrected chi connectivity index (χ2v) is 8.09. The van der Waals surface area contributed by atoms with E-state index in [0.29, 0.717) is 12.5 Å². The third-order valence-corrected chi connectivity index (χ3v) is 6.03. The SMILES string of the molecule is O=c1[nH]c(C2CC2)nc2c1CN(Cc1ccc(-c3cccs3)nc1)CC2. The molecule has 4 heterocycles. The highest BCUT2D eigenvalue weighted by Crippen LogP contribution is 2.37. The molecule has 0 radical (unpaired) electrons. The molecule has 0 amide bonds. The normalized spacial score (nSPS) is 17.2. The lowest BCUT2D eigenvalue weighted by Crippen LogP contribution is -2.35. The van der Waals surface area contributed by atoms with Gasteiger partial charge >= 0.3 is 0 Å². The van der Waals surface area contributed by atoms with E-state index in [0.717, 1.165) is 55.1 Å². The van der Waals surface area contributed by atoms with Crippen molar-refractivity contribution in [1.82, 2.24) is 19.9 Å². The van der Waals surface area contributed by atoms with Gasteiger partial charge in [-0.1, -0.05) is 12.1 Å². The van der Waals surface area contributed by atoms with Crippen molar-refractivity contribution in [3.8, 4) is 10.6 Å². The smallest absolute Gasteiger partial charge is 0.255 e. The molecule has 132 valence electrons. The lowest BCUT2D eigenvalue weighted by molar-refractivity contribution is 0.241. The molecule has 26 heavy (non-hydrogen) atoms. The van der Waals surface area contributed by atoms with Gasteiger partial charge in [-0.3, -0.25) is 14.7 Å². The van der Waals surface area contributed by atoms with Crippen molar-refractivity contribution in [3.05, 3.63) is 68.8 Å². The highest BCUT2D eigenvalue weighted by molar-refractivity contribution is 7.13. The van der Waals surface area contributed by atoms with E-state index in [1.165, 1.54) is 10.4 Å². The fourth-order valence-corrected chi connectivity index (χ4v) is 4.23. The molecule has 0 atom stereocenters. The van der Waals surface area contributed by atoms with Gasteiger partial charge < -0.3 is 4.98 Å². The van der Waals surface area contributed by atoms with Crippen LogP contribution >= 0.6 is 11.3 Å². The van der Waals surface area contributed by atoms with Gasteiger partial charge in [0.1, 0.15) is 5.82 Å². The summed E-state index contributed by atoms with van der Waals surface area (Å²) in [6.45, 7) is 2.40. The minimum atomic E-state index is 0.0489. The van der Waals surface area contributed by atoms with Crippen LogP contribution in [0.2, 0.25) is 0 Å². The zero-order valence-electron chi connectivity index (χ0n) is 14.4. The molecule has 1 N–H and O–H groups in total. The minimum absolute atomic E-state index is 0.0489. The summed E-state index contributed by atoms with van der Waals surface area (Å²) in [5.74, 6) is 1.38. The number of pyridine rings is 1. The molecule has 0 unspecified atom stereocenters. The third kappa shape index (κ3) is 3.10. The van der Waals surface area contributed by atoms with E-state index in [-0.39, 0.29) is 5.56 Å². The summed E-state index contributed by atoms with van der Waals surface area (Å²) in [5.41, 5.74) is 4.07. The van der Waals surface area contributed by atoms with Gasteiger partial charge in [-0.2, -0.15) is 0 Å². The number of hydrogen-bond donors (Lipinski definition) is 1. The van der Waals surface area contributed by atoms with E-state index < -0.39 is 0 Å². The van der Waals surface area contributed by atoms with Gasteiger partial charge in [0.2, 0.25) is 0 Å². The molecule has 1 aliphatic carbocycles. The molecule has 0 spiro atoms. The van der Waals surface area contributed by atoms with Crippen LogP contribution in [0.15, 0.2) is 40.6 Å². The second kappa shape index (κ2) is 6.45. The van der Waals surface area contributed by atoms with Gasteiger partial charge in [0.05, 0.1) is 21.8 Å². The molecule has 0 aromatic carbocycles. The average Bonchev–Trinajstić information content (AvgIpc) is 3.37. The van der Waals surface area contributed by atoms with Crippen LogP contribution < -0.4 is 5.56 Å². The Morgan fingerprint density at radius 1 is 1.27 bits per heavy atom. The first kappa shape index (κ1) is 15.9. The molecular weight excluding hydrogens is 344 g/mol. The number of rotatable bonds is 4. The highest BCUT2D eigenvalue weighted by atomic mass is 32.1. The van der Waals surface area contributed by atoms with Gasteiger partial charge in [-0.25, -0.2) is 4.98 Å². The van der Waals surface area contributed by atoms with Crippen molar-refractivity contribution in [2.75, 3.05) is 6.54 Å². The maximum Gasteiger partial charge on any atom is 0.255 e. The van der Waals surface area contributed by atoms with Crippen LogP contribution in [-0.2, 0) is 19.5 Å². The first-order chi connectivity index (χ1) is 12.8. The van der Waals surface area contributed by atoms with Crippen molar-refractivity contribution in [2.45, 2.75) is 38.3 Å². The summed E-state index contributed by atoms with van der Waals surface area (Å²) in [6, 6.07) is 8.34. The summed E-state index contributed by atoms with van der Waals surface area (Å²) in [7, 11) is 0. The number of H-pyrrole nitrogens is 1. The topological polar surface area (TPSA) is 61.9 Å². The summed E-state index contributed by atoms with van der Waals surface area (Å²) in [4.78, 5) is 28.3. The Bertz CT molecular complexity index is 974. The minimum Gasteiger partial charge on any atom is -0.310 e. The van der Waals surface area contributed by atoms with E-state index in [9.17, 15) is 4.79 Å². The van der Waals surface area contributed by atoms with E-state index in [1.807, 2.05) is 12.3 Å². The molecule has 5 rings (SSSR count). The molecule has 0 bridgehead atoms. The molecule has 3 aromatic heterocycles. The molecule has 5 nitrogen and oxygen atoms in total. The molecule has 0 saturated heterocycles. The standard InChI is InChI=1S/C20H20N4OS/c25-20-15-12-24(8-7-16(15)22-19(23-20)14-4-5-14)11-13-3-6-17(21-10-13)18-2-1-9-26-18/h1-3,6,9-10,14H,4-5,7-8,11-12H2,(H,22,23,25). The van der Waals surface area contributed by atoms with Gasteiger partial charge in [0.15, 0.2) is 0 Å². The Morgan fingerprint density at radius 2 is 2.19 bits per heavy atom. The fraction of sp³-hybridized carbons (Fsp3) is 0.350. The Morgan fingerprint density at radius 3 is 2.92 bits per heavy atom. The monoisotopic (exact) mass is 364 g/mol. The van der Waals surface area contributed by atoms with Crippen molar-refractivity contribution >= 4 is 11.3 Å². The predicted molar refractivity (Wildman–Crippen MR) is 102 cm³/mol. The Kier molecular flexibility index (Phi) is 3.94. The maximum absolute atomic E-state index is 12.5. The Balaban J connectivity index is 1.31. The van der Waals surface area contributed by atoms with Gasteiger partial charge in [-0.15, -0.1) is 11.3 Å². The number of nitrogens with zero attached hydrogens (tertiary/aromatic N) is 3. The quantitative estimate of drug-likeness (QED) is 0.771. The largest absolute Gasteiger partial charge is 0.310 e. The molecule has 1 aliphatic heterocycles. The summed E-state index contributed by atoms with van der Waals surface area (Å²) >= 11 is 1.70. The van der Waals surface area contributed by atoms with Crippen LogP contribution in [0, 0.1) is 0 Å². The number of aromatic nitrogens is 3. The van der Waals surface area contributed by atoms with Crippen molar-refractivity contribution < 1.29 is 0 Å². The summed E-state index contributed by atoms with van der Waals surface area (Å²) in [6.07, 6.45) is 5.10. The van der Waals surface area contributed by atoms with E-state index in [4.69, 9.17) is 4.98 Å². The average molecular weight is 364 g/mol. The van der Waals surface area contributed by atoms with Crippen LogP contribution in [0.5, 0.6) is 0 Å². The first-order valence-electron chi connectivity index (χ1n) is 9.09. The second-order valence-electron chi connectivity index (χ2n) is 7.14. The summed E-state index contributed by atoms with van der Waals surface area (Å²) < 4.78 is 0. The fourth-order valence-electron chi connectivity index (χ4n) is 3.53. The lowest BCUT2D eigenvalue weighted by atomic mass is 10.1. The van der Waals surface area contributed by atoms with Gasteiger partial charge in [0.25, 0.3) is 5.56 Å². The third-order valence-electron chi connectivity index (χ3n) is 5.13. The van der Waals surface area contributed by atoms with E-state index in [2.05, 4.69) is 38.4 Å². The number of fused-ring (bicyclic) bond motifs is 1. The Labute approximate surface area is 155 Å². The van der Waals surface area contributed by atoms with Crippen LogP contribution in [0.25, 0.3) is 10.6 Å². The van der Waals surface area contributed by atoms with Gasteiger partial charge in [-0.05, 0) is 35.9 Å². The molecular formula is C20H20N4OS. The first-order valence-corrected chi connectivity index (χ1v) is 9.97. The van der Waals surface area contributed by atoms with Crippen LogP contribution in [0.1, 0.15) is 41.4 Å². The van der Waals surface area contributed by atoms with Crippen molar-refractivity contribution in [3.63, 3.8) is 0 Å². The molecule has 1 saturated carbocycles. The van der Waals surface area contributed by atoms with E-state index >= 15 is 0 Å². The maximum atomic E-state index is 12.5. The van der Waals surface area contributed by atoms with Crippen LogP contribution in [0.4, 0.5) is 0 Å². The Hall–Kier alpha value is -2.31. The molecule has 1 fully saturated rings. The highest BCUT2D eigenvalue weighted by Gasteiger charge is 2.29. The van der Waals surface area contributed by atoms with E-state index in [1.54, 1.807) is 11.3 Å². The zero-order valence-corrected chi connectivity index (χ0v) is 15.3. The van der Waals surface area contributed by atoms with Gasteiger partial charge in [0, 0.05) is 38.2 Å². The summed E-state index contributed by atoms with van der Waals surface area (Å²) in [5, 5.41) is 2.07. The van der Waals surface area contributed by atoms with Crippen LogP contribution in [-0.4, -0.2) is 26.4 Å². The zero-order chi connectivity index (χ0) is 17.5. The molecule has 2 aliphatic rings. The number of nitrogens with one attached hydrogen (secondary N) is 1.